The molecule has 2 amide bonds. The highest BCUT2D eigenvalue weighted by Gasteiger charge is 2.57. The molecule has 0 unspecified atom stereocenters. The number of rotatable bonds is 5. The summed E-state index contributed by atoms with van der Waals surface area (Å²) in [5, 5.41) is 2.93. The zero-order valence-electron chi connectivity index (χ0n) is 12.9. The summed E-state index contributed by atoms with van der Waals surface area (Å²) in [6.45, 7) is 11.3. The van der Waals surface area contributed by atoms with Crippen molar-refractivity contribution in [3.8, 4) is 0 Å². The standard InChI is InChI=1S/C15H27N3O2/c1-4-17-7-9-18(10-8-17)14(20)15(5-6-15)13(19)16-11-12(2)3/h12H,4-11H2,1-3H3,(H,16,19). The molecule has 1 saturated carbocycles. The van der Waals surface area contributed by atoms with Crippen molar-refractivity contribution in [3.63, 3.8) is 0 Å². The Hall–Kier alpha value is -1.10. The van der Waals surface area contributed by atoms with Crippen LogP contribution >= 0.6 is 0 Å². The maximum absolute atomic E-state index is 12.6. The molecule has 20 heavy (non-hydrogen) atoms. The maximum atomic E-state index is 12.6. The van der Waals surface area contributed by atoms with E-state index in [9.17, 15) is 9.59 Å². The van der Waals surface area contributed by atoms with Crippen LogP contribution in [0.4, 0.5) is 0 Å². The topological polar surface area (TPSA) is 52.7 Å². The third-order valence-corrected chi connectivity index (χ3v) is 4.37. The van der Waals surface area contributed by atoms with Crippen LogP contribution in [-0.2, 0) is 9.59 Å². The fourth-order valence-electron chi connectivity index (χ4n) is 2.70. The third kappa shape index (κ3) is 3.14. The molecule has 1 N–H and O–H groups in total. The molecule has 2 aliphatic rings. The smallest absolute Gasteiger partial charge is 0.238 e. The highest BCUT2D eigenvalue weighted by atomic mass is 16.2. The molecule has 0 bridgehead atoms. The molecule has 0 spiro atoms. The molecular weight excluding hydrogens is 254 g/mol. The molecule has 5 heteroatoms. The number of likely N-dealkylation sites (N-methyl/N-ethyl adjacent to an activating group) is 1. The Morgan fingerprint density at radius 2 is 1.75 bits per heavy atom. The molecule has 0 radical (unpaired) electrons. The van der Waals surface area contributed by atoms with Crippen molar-refractivity contribution in [2.24, 2.45) is 11.3 Å². The van der Waals surface area contributed by atoms with Gasteiger partial charge >= 0.3 is 0 Å². The van der Waals surface area contributed by atoms with Crippen molar-refractivity contribution >= 4 is 11.8 Å². The predicted octanol–water partition coefficient (Wildman–Crippen LogP) is 0.703. The Bertz CT molecular complexity index is 369. The SMILES string of the molecule is CCN1CCN(C(=O)C2(C(=O)NCC(C)C)CC2)CC1. The first kappa shape index (κ1) is 15.3. The van der Waals surface area contributed by atoms with E-state index in [-0.39, 0.29) is 11.8 Å². The van der Waals surface area contributed by atoms with Crippen molar-refractivity contribution in [1.82, 2.24) is 15.1 Å². The quantitative estimate of drug-likeness (QED) is 0.755. The first-order valence-electron chi connectivity index (χ1n) is 7.79. The molecule has 5 nitrogen and oxygen atoms in total. The summed E-state index contributed by atoms with van der Waals surface area (Å²) >= 11 is 0. The van der Waals surface area contributed by atoms with Gasteiger partial charge < -0.3 is 15.1 Å². The van der Waals surface area contributed by atoms with Crippen LogP contribution in [0.2, 0.25) is 0 Å². The van der Waals surface area contributed by atoms with E-state index in [1.165, 1.54) is 0 Å². The first-order valence-corrected chi connectivity index (χ1v) is 7.79. The molecule has 0 aromatic rings. The van der Waals surface area contributed by atoms with Crippen LogP contribution in [0.15, 0.2) is 0 Å². The van der Waals surface area contributed by atoms with E-state index in [2.05, 4.69) is 31.0 Å². The first-order chi connectivity index (χ1) is 9.49. The normalized spacial score (nSPS) is 21.9. The highest BCUT2D eigenvalue weighted by molar-refractivity contribution is 6.07. The zero-order valence-corrected chi connectivity index (χ0v) is 12.9. The van der Waals surface area contributed by atoms with Crippen molar-refractivity contribution < 1.29 is 9.59 Å². The van der Waals surface area contributed by atoms with Gasteiger partial charge in [0.25, 0.3) is 0 Å². The van der Waals surface area contributed by atoms with Gasteiger partial charge in [0.1, 0.15) is 5.41 Å². The number of amides is 2. The third-order valence-electron chi connectivity index (χ3n) is 4.37. The number of hydrogen-bond donors (Lipinski definition) is 1. The number of nitrogens with zero attached hydrogens (tertiary/aromatic N) is 2. The largest absolute Gasteiger partial charge is 0.355 e. The number of carbonyl (C=O) groups excluding carboxylic acids is 2. The summed E-state index contributed by atoms with van der Waals surface area (Å²) in [5.41, 5.74) is -0.733. The monoisotopic (exact) mass is 281 g/mol. The molecule has 1 heterocycles. The van der Waals surface area contributed by atoms with Crippen molar-refractivity contribution in [2.75, 3.05) is 39.3 Å². The van der Waals surface area contributed by atoms with Gasteiger partial charge in [-0.1, -0.05) is 20.8 Å². The van der Waals surface area contributed by atoms with Crippen LogP contribution in [0.5, 0.6) is 0 Å². The van der Waals surface area contributed by atoms with E-state index < -0.39 is 5.41 Å². The van der Waals surface area contributed by atoms with Gasteiger partial charge in [-0.15, -0.1) is 0 Å². The van der Waals surface area contributed by atoms with E-state index in [0.29, 0.717) is 25.3 Å². The second kappa shape index (κ2) is 6.12. The van der Waals surface area contributed by atoms with E-state index in [0.717, 1.165) is 32.7 Å². The molecular formula is C15H27N3O2. The minimum Gasteiger partial charge on any atom is -0.355 e. The number of piperazine rings is 1. The summed E-state index contributed by atoms with van der Waals surface area (Å²) in [6, 6.07) is 0. The lowest BCUT2D eigenvalue weighted by atomic mass is 10.0. The second-order valence-electron chi connectivity index (χ2n) is 6.41. The van der Waals surface area contributed by atoms with Crippen molar-refractivity contribution in [2.45, 2.75) is 33.6 Å². The second-order valence-corrected chi connectivity index (χ2v) is 6.41. The van der Waals surface area contributed by atoms with E-state index in [1.54, 1.807) is 0 Å². The van der Waals surface area contributed by atoms with Gasteiger partial charge in [-0.3, -0.25) is 9.59 Å². The van der Waals surface area contributed by atoms with Crippen LogP contribution in [0.1, 0.15) is 33.6 Å². The molecule has 1 saturated heterocycles. The van der Waals surface area contributed by atoms with Gasteiger partial charge in [-0.2, -0.15) is 0 Å². The Morgan fingerprint density at radius 1 is 1.15 bits per heavy atom. The van der Waals surface area contributed by atoms with Crippen LogP contribution in [0.25, 0.3) is 0 Å². The molecule has 114 valence electrons. The fraction of sp³-hybridized carbons (Fsp3) is 0.867. The van der Waals surface area contributed by atoms with Gasteiger partial charge in [0.15, 0.2) is 0 Å². The van der Waals surface area contributed by atoms with E-state index in [4.69, 9.17) is 0 Å². The average molecular weight is 281 g/mol. The van der Waals surface area contributed by atoms with Crippen LogP contribution in [0, 0.1) is 11.3 Å². The van der Waals surface area contributed by atoms with E-state index >= 15 is 0 Å². The minimum atomic E-state index is -0.733. The Balaban J connectivity index is 1.90. The molecule has 1 aliphatic carbocycles. The summed E-state index contributed by atoms with van der Waals surface area (Å²) < 4.78 is 0. The summed E-state index contributed by atoms with van der Waals surface area (Å²) in [7, 11) is 0. The highest BCUT2D eigenvalue weighted by Crippen LogP contribution is 2.47. The van der Waals surface area contributed by atoms with Crippen LogP contribution in [0.3, 0.4) is 0 Å². The number of nitrogens with one attached hydrogen (secondary N) is 1. The van der Waals surface area contributed by atoms with Crippen LogP contribution < -0.4 is 5.32 Å². The summed E-state index contributed by atoms with van der Waals surface area (Å²) in [5.74, 6) is 0.404. The average Bonchev–Trinajstić information content (AvgIpc) is 3.25. The maximum Gasteiger partial charge on any atom is 0.238 e. The van der Waals surface area contributed by atoms with Crippen LogP contribution in [-0.4, -0.2) is 60.9 Å². The van der Waals surface area contributed by atoms with Crippen molar-refractivity contribution in [1.29, 1.82) is 0 Å². The molecule has 0 aromatic heterocycles. The molecule has 2 rings (SSSR count). The van der Waals surface area contributed by atoms with Gasteiger partial charge in [0.05, 0.1) is 0 Å². The fourth-order valence-corrected chi connectivity index (χ4v) is 2.70. The minimum absolute atomic E-state index is 0.0505. The lowest BCUT2D eigenvalue weighted by molar-refractivity contribution is -0.145. The van der Waals surface area contributed by atoms with Crippen molar-refractivity contribution in [3.05, 3.63) is 0 Å². The van der Waals surface area contributed by atoms with Gasteiger partial charge in [-0.25, -0.2) is 0 Å². The lowest BCUT2D eigenvalue weighted by Crippen LogP contribution is -2.53. The molecule has 0 aromatic carbocycles. The Kier molecular flexibility index (Phi) is 4.68. The summed E-state index contributed by atoms with van der Waals surface area (Å²) in [6.07, 6.45) is 1.42. The van der Waals surface area contributed by atoms with Gasteiger partial charge in [0, 0.05) is 32.7 Å². The molecule has 0 atom stereocenters. The van der Waals surface area contributed by atoms with Gasteiger partial charge in [0.2, 0.25) is 11.8 Å². The molecule has 1 aliphatic heterocycles. The Morgan fingerprint density at radius 3 is 2.20 bits per heavy atom. The molecule has 2 fully saturated rings. The number of hydrogen-bond acceptors (Lipinski definition) is 3. The lowest BCUT2D eigenvalue weighted by Gasteiger charge is -2.35. The summed E-state index contributed by atoms with van der Waals surface area (Å²) in [4.78, 5) is 29.1. The number of carbonyl (C=O) groups is 2. The predicted molar refractivity (Wildman–Crippen MR) is 78.2 cm³/mol. The Labute approximate surface area is 121 Å². The van der Waals surface area contributed by atoms with Gasteiger partial charge in [-0.05, 0) is 25.3 Å². The zero-order chi connectivity index (χ0) is 14.8. The van der Waals surface area contributed by atoms with E-state index in [1.807, 2.05) is 4.90 Å².